The van der Waals surface area contributed by atoms with Crippen molar-refractivity contribution in [3.8, 4) is 11.5 Å². The summed E-state index contributed by atoms with van der Waals surface area (Å²) in [7, 11) is -3.88. The van der Waals surface area contributed by atoms with E-state index in [1.165, 1.54) is 48.9 Å². The third-order valence-electron chi connectivity index (χ3n) is 4.04. The molecule has 0 aliphatic heterocycles. The molecule has 0 saturated carbocycles. The number of anilines is 2. The number of sulfonamides is 1. The maximum Gasteiger partial charge on any atom is 0.316 e. The summed E-state index contributed by atoms with van der Waals surface area (Å²) in [6.07, 6.45) is 4.39. The number of rotatable bonds is 6. The fourth-order valence-electron chi connectivity index (χ4n) is 2.70. The molecule has 1 amide bonds. The summed E-state index contributed by atoms with van der Waals surface area (Å²) < 4.78 is 32.6. The monoisotopic (exact) mass is 452 g/mol. The largest absolute Gasteiger partial charge is 0.328 e. The van der Waals surface area contributed by atoms with Crippen LogP contribution in [0.25, 0.3) is 11.5 Å². The summed E-state index contributed by atoms with van der Waals surface area (Å²) in [5, 5.41) is 6.26. The molecule has 32 heavy (non-hydrogen) atoms. The van der Waals surface area contributed by atoms with Crippen LogP contribution in [0.2, 0.25) is 0 Å². The zero-order valence-electron chi connectivity index (χ0n) is 16.8. The number of nitrogens with one attached hydrogen (secondary N) is 2. The van der Waals surface area contributed by atoms with Crippen LogP contribution in [0.3, 0.4) is 0 Å². The van der Waals surface area contributed by atoms with Crippen LogP contribution in [-0.2, 0) is 10.0 Å². The first-order valence-electron chi connectivity index (χ1n) is 9.17. The first-order valence-corrected chi connectivity index (χ1v) is 10.6. The van der Waals surface area contributed by atoms with E-state index in [4.69, 9.17) is 4.52 Å². The van der Waals surface area contributed by atoms with Crippen LogP contribution in [0.1, 0.15) is 22.2 Å². The zero-order valence-corrected chi connectivity index (χ0v) is 17.7. The Bertz CT molecular complexity index is 1350. The van der Waals surface area contributed by atoms with Gasteiger partial charge in [0.15, 0.2) is 0 Å². The van der Waals surface area contributed by atoms with Crippen LogP contribution in [0.5, 0.6) is 0 Å². The fourth-order valence-corrected chi connectivity index (χ4v) is 3.69. The van der Waals surface area contributed by atoms with Crippen molar-refractivity contribution >= 4 is 27.4 Å². The van der Waals surface area contributed by atoms with Gasteiger partial charge in [0.1, 0.15) is 17.3 Å². The Morgan fingerprint density at radius 3 is 2.50 bits per heavy atom. The average Bonchev–Trinajstić information content (AvgIpc) is 3.24. The highest BCUT2D eigenvalue weighted by atomic mass is 32.2. The van der Waals surface area contributed by atoms with E-state index in [0.29, 0.717) is 22.9 Å². The molecule has 4 aromatic rings. The van der Waals surface area contributed by atoms with Gasteiger partial charge in [0, 0.05) is 29.8 Å². The van der Waals surface area contributed by atoms with E-state index >= 15 is 0 Å². The van der Waals surface area contributed by atoms with Gasteiger partial charge in [-0.05, 0) is 38.1 Å². The molecule has 0 aliphatic rings. The Labute approximate surface area is 182 Å². The summed E-state index contributed by atoms with van der Waals surface area (Å²) >= 11 is 0. The lowest BCUT2D eigenvalue weighted by Gasteiger charge is -2.09. The van der Waals surface area contributed by atoms with Crippen molar-refractivity contribution in [3.05, 3.63) is 66.3 Å². The van der Waals surface area contributed by atoms with E-state index in [9.17, 15) is 13.2 Å². The lowest BCUT2D eigenvalue weighted by molar-refractivity contribution is 0.0981. The van der Waals surface area contributed by atoms with Crippen molar-refractivity contribution < 1.29 is 17.7 Å². The number of carbonyl (C=O) groups is 1. The maximum absolute atomic E-state index is 12.6. The van der Waals surface area contributed by atoms with Crippen molar-refractivity contribution in [3.63, 3.8) is 0 Å². The minimum Gasteiger partial charge on any atom is -0.328 e. The van der Waals surface area contributed by atoms with Crippen LogP contribution < -0.4 is 10.0 Å². The third kappa shape index (κ3) is 4.73. The van der Waals surface area contributed by atoms with Crippen LogP contribution in [0, 0.1) is 13.8 Å². The van der Waals surface area contributed by atoms with E-state index in [-0.39, 0.29) is 22.4 Å². The predicted molar refractivity (Wildman–Crippen MR) is 112 cm³/mol. The molecule has 3 heterocycles. The molecule has 3 aromatic heterocycles. The Morgan fingerprint density at radius 1 is 1.03 bits per heavy atom. The molecule has 0 saturated heterocycles. The number of nitrogens with zero attached hydrogens (tertiary/aromatic N) is 6. The van der Waals surface area contributed by atoms with Gasteiger partial charge < -0.3 is 9.84 Å². The van der Waals surface area contributed by atoms with Gasteiger partial charge in [-0.2, -0.15) is 4.98 Å². The SMILES string of the molecule is Cc1cc(NS(=O)(=O)c2ccc(NC(=O)c3nc(-c4cnccn4)no3)cc2)nc(C)n1. The van der Waals surface area contributed by atoms with E-state index in [1.54, 1.807) is 13.8 Å². The average molecular weight is 452 g/mol. The molecule has 0 spiro atoms. The molecule has 0 unspecified atom stereocenters. The second-order valence-corrected chi connectivity index (χ2v) is 8.22. The quantitative estimate of drug-likeness (QED) is 0.441. The Balaban J connectivity index is 1.45. The number of hydrogen-bond donors (Lipinski definition) is 2. The summed E-state index contributed by atoms with van der Waals surface area (Å²) in [5.74, 6) is -0.204. The van der Waals surface area contributed by atoms with Crippen LogP contribution in [-0.4, -0.2) is 44.4 Å². The summed E-state index contributed by atoms with van der Waals surface area (Å²) in [4.78, 5) is 32.4. The first kappa shape index (κ1) is 21.0. The number of amides is 1. The maximum atomic E-state index is 12.6. The zero-order chi connectivity index (χ0) is 22.7. The number of aromatic nitrogens is 6. The van der Waals surface area contributed by atoms with E-state index < -0.39 is 15.9 Å². The van der Waals surface area contributed by atoms with Crippen molar-refractivity contribution in [1.82, 2.24) is 30.1 Å². The third-order valence-corrected chi connectivity index (χ3v) is 5.41. The molecular formula is C19H16N8O4S. The van der Waals surface area contributed by atoms with E-state index in [0.717, 1.165) is 0 Å². The van der Waals surface area contributed by atoms with Gasteiger partial charge in [0.25, 0.3) is 10.0 Å². The van der Waals surface area contributed by atoms with Gasteiger partial charge >= 0.3 is 11.8 Å². The van der Waals surface area contributed by atoms with Gasteiger partial charge in [-0.25, -0.2) is 23.4 Å². The first-order chi connectivity index (χ1) is 15.3. The molecule has 0 atom stereocenters. The summed E-state index contributed by atoms with van der Waals surface area (Å²) in [5.41, 5.74) is 1.32. The lowest BCUT2D eigenvalue weighted by Crippen LogP contribution is -2.15. The van der Waals surface area contributed by atoms with Crippen molar-refractivity contribution in [2.75, 3.05) is 10.0 Å². The van der Waals surface area contributed by atoms with Gasteiger partial charge in [0.2, 0.25) is 5.82 Å². The number of carbonyl (C=O) groups excluding carboxylic acids is 1. The standard InChI is InChI=1S/C19H16N8O4S/c1-11-9-16(23-12(2)22-11)27-32(29,30)14-5-3-13(4-6-14)24-18(28)19-25-17(26-31-19)15-10-20-7-8-21-15/h3-10H,1-2H3,(H,24,28)(H,22,23,27). The summed E-state index contributed by atoms with van der Waals surface area (Å²) in [6, 6.07) is 7.08. The van der Waals surface area contributed by atoms with Gasteiger partial charge in [0.05, 0.1) is 11.1 Å². The number of benzene rings is 1. The van der Waals surface area contributed by atoms with Crippen molar-refractivity contribution in [1.29, 1.82) is 0 Å². The molecule has 0 aliphatic carbocycles. The van der Waals surface area contributed by atoms with E-state index in [2.05, 4.69) is 40.1 Å². The minimum absolute atomic E-state index is 0.00727. The van der Waals surface area contributed by atoms with E-state index in [1.807, 2.05) is 0 Å². The fraction of sp³-hybridized carbons (Fsp3) is 0.105. The van der Waals surface area contributed by atoms with Crippen molar-refractivity contribution in [2.45, 2.75) is 18.7 Å². The van der Waals surface area contributed by atoms with Crippen LogP contribution in [0.4, 0.5) is 11.5 Å². The molecule has 0 fully saturated rings. The van der Waals surface area contributed by atoms with Crippen LogP contribution in [0.15, 0.2) is 58.3 Å². The molecule has 1 aromatic carbocycles. The molecule has 4 rings (SSSR count). The molecular weight excluding hydrogens is 436 g/mol. The normalized spacial score (nSPS) is 11.2. The topological polar surface area (TPSA) is 166 Å². The highest BCUT2D eigenvalue weighted by Gasteiger charge is 2.19. The van der Waals surface area contributed by atoms with Gasteiger partial charge in [-0.15, -0.1) is 0 Å². The predicted octanol–water partition coefficient (Wildman–Crippen LogP) is 1.99. The smallest absolute Gasteiger partial charge is 0.316 e. The Hall–Kier alpha value is -4.26. The molecule has 12 nitrogen and oxygen atoms in total. The minimum atomic E-state index is -3.88. The highest BCUT2D eigenvalue weighted by molar-refractivity contribution is 7.92. The molecule has 13 heteroatoms. The number of hydrogen-bond acceptors (Lipinski definition) is 10. The van der Waals surface area contributed by atoms with Crippen LogP contribution >= 0.6 is 0 Å². The molecule has 162 valence electrons. The molecule has 2 N–H and O–H groups in total. The second-order valence-electron chi connectivity index (χ2n) is 6.54. The summed E-state index contributed by atoms with van der Waals surface area (Å²) in [6.45, 7) is 3.41. The van der Waals surface area contributed by atoms with Gasteiger partial charge in [-0.3, -0.25) is 14.5 Å². The Kier molecular flexibility index (Phi) is 5.55. The number of aryl methyl sites for hydroxylation is 2. The molecule has 0 bridgehead atoms. The molecule has 0 radical (unpaired) electrons. The lowest BCUT2D eigenvalue weighted by atomic mass is 10.3. The van der Waals surface area contributed by atoms with Gasteiger partial charge in [-0.1, -0.05) is 5.16 Å². The highest BCUT2D eigenvalue weighted by Crippen LogP contribution is 2.19. The second kappa shape index (κ2) is 8.47. The van der Waals surface area contributed by atoms with Crippen molar-refractivity contribution in [2.24, 2.45) is 0 Å². The Morgan fingerprint density at radius 2 is 1.81 bits per heavy atom.